The van der Waals surface area contributed by atoms with E-state index in [-0.39, 0.29) is 0 Å². The summed E-state index contributed by atoms with van der Waals surface area (Å²) in [6.45, 7) is 0.792. The second-order valence-electron chi connectivity index (χ2n) is 3.86. The number of aromatic nitrogens is 1. The molecule has 0 aromatic carbocycles. The summed E-state index contributed by atoms with van der Waals surface area (Å²) in [4.78, 5) is 16.2. The highest BCUT2D eigenvalue weighted by molar-refractivity contribution is 9.10. The molecule has 2 rings (SSSR count). The van der Waals surface area contributed by atoms with Crippen LogP contribution in [0.2, 0.25) is 0 Å². The third-order valence-electron chi connectivity index (χ3n) is 2.84. The number of nitrogens with zero attached hydrogens (tertiary/aromatic N) is 3. The Bertz CT molecular complexity index is 563. The smallest absolute Gasteiger partial charge is 0.407 e. The van der Waals surface area contributed by atoms with Crippen molar-refractivity contribution in [2.45, 2.75) is 6.42 Å². The van der Waals surface area contributed by atoms with Gasteiger partial charge >= 0.3 is 6.09 Å². The summed E-state index contributed by atoms with van der Waals surface area (Å²) in [5.41, 5.74) is 2.29. The van der Waals surface area contributed by atoms with Crippen LogP contribution in [0, 0.1) is 11.3 Å². The Morgan fingerprint density at radius 2 is 2.33 bits per heavy atom. The molecule has 1 aliphatic heterocycles. The molecule has 92 valence electrons. The van der Waals surface area contributed by atoms with E-state index in [4.69, 9.17) is 10.4 Å². The van der Waals surface area contributed by atoms with Gasteiger partial charge in [-0.05, 0) is 27.9 Å². The van der Waals surface area contributed by atoms with Crippen molar-refractivity contribution in [3.05, 3.63) is 34.1 Å². The van der Waals surface area contributed by atoms with Crippen molar-refractivity contribution in [1.29, 1.82) is 5.26 Å². The molecule has 5 nitrogen and oxygen atoms in total. The van der Waals surface area contributed by atoms with Crippen LogP contribution in [0.4, 0.5) is 4.79 Å². The Hall–Kier alpha value is -1.87. The first-order chi connectivity index (χ1) is 8.63. The number of amides is 1. The van der Waals surface area contributed by atoms with Gasteiger partial charge in [-0.25, -0.2) is 4.79 Å². The molecule has 6 heteroatoms. The maximum absolute atomic E-state index is 10.8. The molecule has 1 aromatic rings. The number of nitriles is 1. The van der Waals surface area contributed by atoms with Crippen molar-refractivity contribution < 1.29 is 9.90 Å². The minimum atomic E-state index is -0.918. The summed E-state index contributed by atoms with van der Waals surface area (Å²) < 4.78 is 0.657. The van der Waals surface area contributed by atoms with E-state index in [9.17, 15) is 4.79 Å². The van der Waals surface area contributed by atoms with Crippen molar-refractivity contribution in [1.82, 2.24) is 9.88 Å². The molecule has 18 heavy (non-hydrogen) atoms. The van der Waals surface area contributed by atoms with Crippen LogP contribution in [0.15, 0.2) is 22.9 Å². The third-order valence-corrected chi connectivity index (χ3v) is 3.44. The first-order valence-corrected chi connectivity index (χ1v) is 6.13. The zero-order chi connectivity index (χ0) is 13.1. The minimum absolute atomic E-state index is 0.349. The molecule has 1 N–H and O–H groups in total. The first-order valence-electron chi connectivity index (χ1n) is 5.34. The van der Waals surface area contributed by atoms with E-state index in [1.165, 1.54) is 4.90 Å². The van der Waals surface area contributed by atoms with Gasteiger partial charge in [0.05, 0.1) is 10.0 Å². The number of pyridine rings is 1. The lowest BCUT2D eigenvalue weighted by molar-refractivity contribution is 0.150. The molecular weight excluding hydrogens is 298 g/mol. The van der Waals surface area contributed by atoms with Crippen LogP contribution >= 0.6 is 15.9 Å². The molecule has 0 unspecified atom stereocenters. The van der Waals surface area contributed by atoms with Gasteiger partial charge in [0, 0.05) is 31.0 Å². The van der Waals surface area contributed by atoms with Crippen molar-refractivity contribution in [2.75, 3.05) is 13.1 Å². The standard InChI is InChI=1S/C12H10BrN3O2/c13-11-7-15-6-10(9(11)5-14)8-1-3-16(4-2-8)12(17)18/h1,6-7H,2-4H2,(H,17,18). The lowest BCUT2D eigenvalue weighted by atomic mass is 9.97. The topological polar surface area (TPSA) is 77.2 Å². The van der Waals surface area contributed by atoms with E-state index >= 15 is 0 Å². The van der Waals surface area contributed by atoms with E-state index in [1.54, 1.807) is 12.4 Å². The van der Waals surface area contributed by atoms with Gasteiger partial charge in [0.25, 0.3) is 0 Å². The quantitative estimate of drug-likeness (QED) is 0.864. The van der Waals surface area contributed by atoms with Gasteiger partial charge in [-0.3, -0.25) is 4.98 Å². The third kappa shape index (κ3) is 2.36. The molecule has 1 aliphatic rings. The van der Waals surface area contributed by atoms with Crippen LogP contribution in [0.25, 0.3) is 5.57 Å². The summed E-state index contributed by atoms with van der Waals surface area (Å²) in [6.07, 6.45) is 4.74. The molecule has 0 spiro atoms. The van der Waals surface area contributed by atoms with Crippen LogP contribution in [0.3, 0.4) is 0 Å². The summed E-state index contributed by atoms with van der Waals surface area (Å²) in [5, 5.41) is 18.0. The fraction of sp³-hybridized carbons (Fsp3) is 0.250. The molecule has 0 saturated heterocycles. The molecule has 0 bridgehead atoms. The number of rotatable bonds is 1. The Kier molecular flexibility index (Phi) is 3.63. The lowest BCUT2D eigenvalue weighted by Crippen LogP contribution is -2.33. The predicted molar refractivity (Wildman–Crippen MR) is 68.8 cm³/mol. The molecular formula is C12H10BrN3O2. The maximum Gasteiger partial charge on any atom is 0.407 e. The number of carbonyl (C=O) groups is 1. The lowest BCUT2D eigenvalue weighted by Gasteiger charge is -2.24. The van der Waals surface area contributed by atoms with Crippen LogP contribution < -0.4 is 0 Å². The number of hydrogen-bond donors (Lipinski definition) is 1. The molecule has 2 heterocycles. The Morgan fingerprint density at radius 3 is 2.89 bits per heavy atom. The van der Waals surface area contributed by atoms with Crippen molar-refractivity contribution in [3.63, 3.8) is 0 Å². The Morgan fingerprint density at radius 1 is 1.56 bits per heavy atom. The van der Waals surface area contributed by atoms with Gasteiger partial charge in [-0.15, -0.1) is 0 Å². The number of hydrogen-bond acceptors (Lipinski definition) is 3. The zero-order valence-corrected chi connectivity index (χ0v) is 11.0. The summed E-state index contributed by atoms with van der Waals surface area (Å²) in [5.74, 6) is 0. The maximum atomic E-state index is 10.8. The monoisotopic (exact) mass is 307 g/mol. The molecule has 1 amide bonds. The zero-order valence-electron chi connectivity index (χ0n) is 9.43. The molecule has 0 saturated carbocycles. The summed E-state index contributed by atoms with van der Waals surface area (Å²) in [6, 6.07) is 2.14. The largest absolute Gasteiger partial charge is 0.465 e. The molecule has 0 aliphatic carbocycles. The molecule has 0 radical (unpaired) electrons. The van der Waals surface area contributed by atoms with E-state index in [0.29, 0.717) is 29.5 Å². The van der Waals surface area contributed by atoms with E-state index < -0.39 is 6.09 Å². The van der Waals surface area contributed by atoms with Gasteiger partial charge < -0.3 is 10.0 Å². The average Bonchev–Trinajstić information content (AvgIpc) is 2.38. The minimum Gasteiger partial charge on any atom is -0.465 e. The van der Waals surface area contributed by atoms with E-state index in [1.807, 2.05) is 6.08 Å². The van der Waals surface area contributed by atoms with Crippen LogP contribution in [0.5, 0.6) is 0 Å². The predicted octanol–water partition coefficient (Wildman–Crippen LogP) is 2.48. The molecule has 1 aromatic heterocycles. The summed E-state index contributed by atoms with van der Waals surface area (Å²) >= 11 is 3.29. The molecule has 0 atom stereocenters. The molecule has 0 fully saturated rings. The number of carboxylic acid groups (broad SMARTS) is 1. The van der Waals surface area contributed by atoms with Crippen molar-refractivity contribution in [3.8, 4) is 6.07 Å². The normalized spacial score (nSPS) is 14.9. The number of halogens is 1. The second kappa shape index (κ2) is 5.19. The van der Waals surface area contributed by atoms with Crippen LogP contribution in [0.1, 0.15) is 17.5 Å². The van der Waals surface area contributed by atoms with E-state index in [0.717, 1.165) is 11.1 Å². The van der Waals surface area contributed by atoms with Crippen molar-refractivity contribution in [2.24, 2.45) is 0 Å². The van der Waals surface area contributed by atoms with Gasteiger partial charge in [-0.1, -0.05) is 6.08 Å². The van der Waals surface area contributed by atoms with Crippen molar-refractivity contribution >= 4 is 27.6 Å². The highest BCUT2D eigenvalue weighted by atomic mass is 79.9. The van der Waals surface area contributed by atoms with Gasteiger partial charge in [0.1, 0.15) is 6.07 Å². The SMILES string of the molecule is N#Cc1c(Br)cncc1C1=CCN(C(=O)O)CC1. The highest BCUT2D eigenvalue weighted by Gasteiger charge is 2.19. The van der Waals surface area contributed by atoms with Crippen LogP contribution in [-0.4, -0.2) is 34.2 Å². The van der Waals surface area contributed by atoms with Gasteiger partial charge in [0.2, 0.25) is 0 Å². The second-order valence-corrected chi connectivity index (χ2v) is 4.72. The van der Waals surface area contributed by atoms with E-state index in [2.05, 4.69) is 27.0 Å². The Labute approximate surface area is 112 Å². The summed E-state index contributed by atoms with van der Waals surface area (Å²) in [7, 11) is 0. The fourth-order valence-electron chi connectivity index (χ4n) is 1.88. The first kappa shape index (κ1) is 12.6. The highest BCUT2D eigenvalue weighted by Crippen LogP contribution is 2.28. The van der Waals surface area contributed by atoms with Gasteiger partial charge in [0.15, 0.2) is 0 Å². The fourth-order valence-corrected chi connectivity index (χ4v) is 2.30. The Balaban J connectivity index is 2.32. The van der Waals surface area contributed by atoms with Crippen LogP contribution in [-0.2, 0) is 0 Å². The average molecular weight is 308 g/mol. The van der Waals surface area contributed by atoms with Gasteiger partial charge in [-0.2, -0.15) is 5.26 Å².